The van der Waals surface area contributed by atoms with Crippen molar-refractivity contribution in [2.24, 2.45) is 0 Å². The Morgan fingerprint density at radius 3 is 2.57 bits per heavy atom. The molecule has 0 saturated carbocycles. The van der Waals surface area contributed by atoms with Crippen LogP contribution >= 0.6 is 15.9 Å². The van der Waals surface area contributed by atoms with Crippen molar-refractivity contribution >= 4 is 44.4 Å². The van der Waals surface area contributed by atoms with Gasteiger partial charge in [-0.1, -0.05) is 48.5 Å². The molecule has 0 saturated heterocycles. The van der Waals surface area contributed by atoms with Crippen LogP contribution in [-0.2, 0) is 11.4 Å². The first-order valence-corrected chi connectivity index (χ1v) is 12.6. The Balaban J connectivity index is 1.60. The summed E-state index contributed by atoms with van der Waals surface area (Å²) in [6.07, 6.45) is 1.53. The second-order valence-electron chi connectivity index (χ2n) is 8.78. The maximum Gasteiger partial charge on any atom is 0.266 e. The van der Waals surface area contributed by atoms with Crippen LogP contribution in [0.3, 0.4) is 0 Å². The van der Waals surface area contributed by atoms with Gasteiger partial charge in [0.15, 0.2) is 11.5 Å². The number of halogens is 1. The van der Waals surface area contributed by atoms with Crippen LogP contribution in [0.5, 0.6) is 11.5 Å². The number of amides is 1. The summed E-state index contributed by atoms with van der Waals surface area (Å²) in [5, 5.41) is 14.8. The molecule has 1 N–H and O–H groups in total. The van der Waals surface area contributed by atoms with Gasteiger partial charge in [-0.25, -0.2) is 0 Å². The summed E-state index contributed by atoms with van der Waals surface area (Å²) in [7, 11) is 1.56. The number of carbonyl (C=O) groups excluding carboxylic acids is 1. The molecule has 0 radical (unpaired) electrons. The Morgan fingerprint density at radius 1 is 1.03 bits per heavy atom. The normalized spacial score (nSPS) is 11.2. The number of hydrogen-bond donors (Lipinski definition) is 1. The minimum Gasteiger partial charge on any atom is -0.493 e. The number of fused-ring (bicyclic) bond motifs is 1. The van der Waals surface area contributed by atoms with Gasteiger partial charge in [0, 0.05) is 11.3 Å². The highest BCUT2D eigenvalue weighted by Gasteiger charge is 2.16. The van der Waals surface area contributed by atoms with E-state index in [0.29, 0.717) is 33.8 Å². The van der Waals surface area contributed by atoms with Crippen molar-refractivity contribution in [1.29, 1.82) is 5.26 Å². The number of rotatable bonds is 7. The highest BCUT2D eigenvalue weighted by molar-refractivity contribution is 9.10. The third-order valence-electron chi connectivity index (χ3n) is 6.42. The van der Waals surface area contributed by atoms with Crippen LogP contribution in [0.1, 0.15) is 27.8 Å². The Hall–Kier alpha value is -4.08. The molecule has 1 amide bonds. The second-order valence-corrected chi connectivity index (χ2v) is 9.63. The molecule has 0 aliphatic heterocycles. The molecule has 6 heteroatoms. The van der Waals surface area contributed by atoms with Crippen molar-refractivity contribution in [2.75, 3.05) is 12.4 Å². The number of ether oxygens (including phenoxy) is 2. The lowest BCUT2D eigenvalue weighted by atomic mass is 10.0. The quantitative estimate of drug-likeness (QED) is 0.188. The van der Waals surface area contributed by atoms with Crippen LogP contribution in [0.4, 0.5) is 5.69 Å². The second kappa shape index (κ2) is 11.3. The van der Waals surface area contributed by atoms with E-state index in [1.165, 1.54) is 6.08 Å². The lowest BCUT2D eigenvalue weighted by Crippen LogP contribution is -2.14. The van der Waals surface area contributed by atoms with Crippen molar-refractivity contribution in [3.05, 3.63) is 105 Å². The Kier molecular flexibility index (Phi) is 7.95. The third kappa shape index (κ3) is 5.68. The van der Waals surface area contributed by atoms with E-state index >= 15 is 0 Å². The minimum absolute atomic E-state index is 0.0186. The number of anilines is 1. The number of aryl methyl sites for hydroxylation is 2. The van der Waals surface area contributed by atoms with E-state index in [2.05, 4.69) is 52.4 Å². The van der Waals surface area contributed by atoms with E-state index in [-0.39, 0.29) is 5.57 Å². The van der Waals surface area contributed by atoms with Gasteiger partial charge in [0.25, 0.3) is 5.91 Å². The molecule has 0 aliphatic carbocycles. The number of nitriles is 1. The topological polar surface area (TPSA) is 71.3 Å². The summed E-state index contributed by atoms with van der Waals surface area (Å²) in [5.74, 6) is 0.564. The van der Waals surface area contributed by atoms with E-state index in [1.54, 1.807) is 19.2 Å². The summed E-state index contributed by atoms with van der Waals surface area (Å²) in [6, 6.07) is 23.6. The SMILES string of the molecule is COc1cc(/C=C(\C#N)C(=O)Nc2cccc(C)c2C)cc(Br)c1OCc1c(C)ccc2ccccc12. The zero-order valence-electron chi connectivity index (χ0n) is 21.2. The summed E-state index contributed by atoms with van der Waals surface area (Å²) in [4.78, 5) is 12.8. The molecule has 0 unspecified atom stereocenters. The Labute approximate surface area is 225 Å². The summed E-state index contributed by atoms with van der Waals surface area (Å²) in [5.41, 5.74) is 5.55. The molecule has 4 aromatic carbocycles. The van der Waals surface area contributed by atoms with Gasteiger partial charge in [-0.3, -0.25) is 4.79 Å². The molecule has 0 fully saturated rings. The molecule has 4 rings (SSSR count). The van der Waals surface area contributed by atoms with Gasteiger partial charge in [-0.05, 0) is 94.0 Å². The van der Waals surface area contributed by atoms with Crippen LogP contribution in [0.15, 0.2) is 76.8 Å². The van der Waals surface area contributed by atoms with Gasteiger partial charge in [0.05, 0.1) is 11.6 Å². The summed E-state index contributed by atoms with van der Waals surface area (Å²) in [6.45, 7) is 6.33. The molecule has 0 heterocycles. The van der Waals surface area contributed by atoms with E-state index in [1.807, 2.05) is 50.2 Å². The number of benzene rings is 4. The maximum atomic E-state index is 12.8. The fourth-order valence-electron chi connectivity index (χ4n) is 4.14. The Morgan fingerprint density at radius 2 is 1.81 bits per heavy atom. The molecule has 4 aromatic rings. The third-order valence-corrected chi connectivity index (χ3v) is 7.01. The molecular formula is C31H27BrN2O3. The van der Waals surface area contributed by atoms with Gasteiger partial charge in [-0.2, -0.15) is 5.26 Å². The van der Waals surface area contributed by atoms with Crippen LogP contribution in [0.2, 0.25) is 0 Å². The lowest BCUT2D eigenvalue weighted by Gasteiger charge is -2.16. The average molecular weight is 555 g/mol. The molecule has 0 atom stereocenters. The van der Waals surface area contributed by atoms with Crippen molar-refractivity contribution < 1.29 is 14.3 Å². The van der Waals surface area contributed by atoms with E-state index < -0.39 is 5.91 Å². The highest BCUT2D eigenvalue weighted by atomic mass is 79.9. The molecule has 186 valence electrons. The van der Waals surface area contributed by atoms with Crippen molar-refractivity contribution in [3.8, 4) is 17.6 Å². The van der Waals surface area contributed by atoms with Crippen LogP contribution in [0.25, 0.3) is 16.8 Å². The first-order valence-electron chi connectivity index (χ1n) is 11.8. The Bertz CT molecular complexity index is 1570. The predicted octanol–water partition coefficient (Wildman–Crippen LogP) is 7.66. The van der Waals surface area contributed by atoms with Crippen LogP contribution in [-0.4, -0.2) is 13.0 Å². The molecular weight excluding hydrogens is 528 g/mol. The van der Waals surface area contributed by atoms with Crippen LogP contribution < -0.4 is 14.8 Å². The maximum absolute atomic E-state index is 12.8. The number of nitrogens with zero attached hydrogens (tertiary/aromatic N) is 1. The molecule has 0 aromatic heterocycles. The monoisotopic (exact) mass is 554 g/mol. The molecule has 0 aliphatic rings. The fraction of sp³-hybridized carbons (Fsp3) is 0.161. The number of hydrogen-bond acceptors (Lipinski definition) is 4. The van der Waals surface area contributed by atoms with Crippen molar-refractivity contribution in [3.63, 3.8) is 0 Å². The van der Waals surface area contributed by atoms with Gasteiger partial charge < -0.3 is 14.8 Å². The standard InChI is InChI=1S/C31H27BrN2O3/c1-19-8-7-11-28(21(19)3)34-31(35)24(17-33)14-22-15-27(32)30(29(16-22)36-4)37-18-26-20(2)12-13-23-9-5-6-10-25(23)26/h5-16H,18H2,1-4H3,(H,34,35)/b24-14+. The number of nitrogens with one attached hydrogen (secondary N) is 1. The molecule has 0 bridgehead atoms. The fourth-order valence-corrected chi connectivity index (χ4v) is 4.71. The lowest BCUT2D eigenvalue weighted by molar-refractivity contribution is -0.112. The highest BCUT2D eigenvalue weighted by Crippen LogP contribution is 2.38. The van der Waals surface area contributed by atoms with Gasteiger partial charge in [0.1, 0.15) is 18.2 Å². The first kappa shape index (κ1) is 26.0. The van der Waals surface area contributed by atoms with Gasteiger partial charge >= 0.3 is 0 Å². The van der Waals surface area contributed by atoms with E-state index in [4.69, 9.17) is 9.47 Å². The molecule has 37 heavy (non-hydrogen) atoms. The zero-order valence-corrected chi connectivity index (χ0v) is 22.8. The average Bonchev–Trinajstić information content (AvgIpc) is 2.89. The number of methoxy groups -OCH3 is 1. The predicted molar refractivity (Wildman–Crippen MR) is 152 cm³/mol. The minimum atomic E-state index is -0.474. The summed E-state index contributed by atoms with van der Waals surface area (Å²) < 4.78 is 12.5. The number of carbonyl (C=O) groups is 1. The zero-order chi connectivity index (χ0) is 26.5. The van der Waals surface area contributed by atoms with E-state index in [9.17, 15) is 10.1 Å². The molecule has 5 nitrogen and oxygen atoms in total. The van der Waals surface area contributed by atoms with Crippen molar-refractivity contribution in [1.82, 2.24) is 0 Å². The van der Waals surface area contributed by atoms with Crippen molar-refractivity contribution in [2.45, 2.75) is 27.4 Å². The summed E-state index contributed by atoms with van der Waals surface area (Å²) >= 11 is 3.58. The van der Waals surface area contributed by atoms with Crippen LogP contribution in [0, 0.1) is 32.1 Å². The largest absolute Gasteiger partial charge is 0.493 e. The van der Waals surface area contributed by atoms with Gasteiger partial charge in [0.2, 0.25) is 0 Å². The smallest absolute Gasteiger partial charge is 0.266 e. The van der Waals surface area contributed by atoms with Gasteiger partial charge in [-0.15, -0.1) is 0 Å². The van der Waals surface area contributed by atoms with E-state index in [0.717, 1.165) is 33.0 Å². The molecule has 0 spiro atoms. The first-order chi connectivity index (χ1) is 17.8.